The fourth-order valence-electron chi connectivity index (χ4n) is 8.12. The number of benzene rings is 7. The zero-order valence-electron chi connectivity index (χ0n) is 26.4. The molecule has 8 aromatic rings. The van der Waals surface area contributed by atoms with E-state index in [4.69, 9.17) is 0 Å². The molecule has 2 aliphatic rings. The standard InChI is InChI=1S/C46H32N2/c1-2-13-33(14-3-1)37-16-6-9-19-42(37)48-44-21-11-8-18-39(44)41-29-40-38-17-7-10-20-43(38)47(45(40)30-46(41)48)36-26-24-32(25-27-36)35-23-22-31-12-4-5-15-34(31)28-35/h1-29,45H,30H2. The van der Waals surface area contributed by atoms with Crippen LogP contribution in [0.25, 0.3) is 61.3 Å². The third-order valence-electron chi connectivity index (χ3n) is 10.3. The molecule has 7 aromatic carbocycles. The van der Waals surface area contributed by atoms with E-state index in [1.807, 2.05) is 0 Å². The van der Waals surface area contributed by atoms with E-state index in [1.54, 1.807) is 0 Å². The molecule has 226 valence electrons. The summed E-state index contributed by atoms with van der Waals surface area (Å²) in [5.41, 5.74) is 15.3. The minimum atomic E-state index is 0.188. The first kappa shape index (κ1) is 27.0. The van der Waals surface area contributed by atoms with Gasteiger partial charge in [-0.3, -0.25) is 0 Å². The molecule has 1 aliphatic heterocycles. The van der Waals surface area contributed by atoms with Gasteiger partial charge < -0.3 is 9.47 Å². The predicted molar refractivity (Wildman–Crippen MR) is 202 cm³/mol. The van der Waals surface area contributed by atoms with E-state index >= 15 is 0 Å². The zero-order valence-corrected chi connectivity index (χ0v) is 26.4. The molecule has 0 fully saturated rings. The molecule has 0 bridgehead atoms. The van der Waals surface area contributed by atoms with Gasteiger partial charge in [-0.25, -0.2) is 0 Å². The Balaban J connectivity index is 1.11. The lowest BCUT2D eigenvalue weighted by Crippen LogP contribution is -2.31. The molecule has 1 unspecified atom stereocenters. The first-order valence-electron chi connectivity index (χ1n) is 16.8. The van der Waals surface area contributed by atoms with Gasteiger partial charge in [-0.2, -0.15) is 0 Å². The van der Waals surface area contributed by atoms with Crippen LogP contribution in [0.15, 0.2) is 170 Å². The minimum absolute atomic E-state index is 0.188. The molecular formula is C46H32N2. The Labute approximate surface area is 280 Å². The van der Waals surface area contributed by atoms with Crippen LogP contribution in [0.3, 0.4) is 0 Å². The Morgan fingerprint density at radius 2 is 1.15 bits per heavy atom. The van der Waals surface area contributed by atoms with Gasteiger partial charge in [-0.05, 0) is 75.5 Å². The summed E-state index contributed by atoms with van der Waals surface area (Å²) in [5.74, 6) is 0. The molecule has 1 atom stereocenters. The summed E-state index contributed by atoms with van der Waals surface area (Å²) in [6.07, 6.45) is 3.38. The van der Waals surface area contributed by atoms with Gasteiger partial charge in [-0.15, -0.1) is 0 Å². The number of aromatic nitrogens is 1. The molecule has 1 aromatic heterocycles. The van der Waals surface area contributed by atoms with Gasteiger partial charge >= 0.3 is 0 Å². The monoisotopic (exact) mass is 612 g/mol. The van der Waals surface area contributed by atoms with Gasteiger partial charge in [0.05, 0.1) is 17.2 Å². The van der Waals surface area contributed by atoms with Crippen molar-refractivity contribution in [3.63, 3.8) is 0 Å². The van der Waals surface area contributed by atoms with E-state index in [2.05, 4.69) is 185 Å². The number of anilines is 2. The summed E-state index contributed by atoms with van der Waals surface area (Å²) in [6, 6.07) is 62.2. The maximum atomic E-state index is 2.57. The lowest BCUT2D eigenvalue weighted by atomic mass is 9.89. The lowest BCUT2D eigenvalue weighted by molar-refractivity contribution is 0.772. The van der Waals surface area contributed by atoms with Gasteiger partial charge in [-0.1, -0.05) is 133 Å². The van der Waals surface area contributed by atoms with Crippen LogP contribution in [-0.2, 0) is 6.42 Å². The maximum Gasteiger partial charge on any atom is 0.0653 e. The highest BCUT2D eigenvalue weighted by Gasteiger charge is 2.39. The molecular weight excluding hydrogens is 581 g/mol. The largest absolute Gasteiger partial charge is 0.333 e. The minimum Gasteiger partial charge on any atom is -0.333 e. The van der Waals surface area contributed by atoms with Crippen LogP contribution < -0.4 is 4.90 Å². The number of fused-ring (bicyclic) bond motifs is 7. The van der Waals surface area contributed by atoms with Crippen molar-refractivity contribution >= 4 is 44.7 Å². The highest BCUT2D eigenvalue weighted by Crippen LogP contribution is 2.51. The van der Waals surface area contributed by atoms with Gasteiger partial charge in [0, 0.05) is 45.6 Å². The van der Waals surface area contributed by atoms with Crippen LogP contribution in [0, 0.1) is 0 Å². The number of hydrogen-bond acceptors (Lipinski definition) is 1. The normalized spacial score (nSPS) is 14.9. The summed E-state index contributed by atoms with van der Waals surface area (Å²) < 4.78 is 2.53. The Bertz CT molecular complexity index is 2540. The van der Waals surface area contributed by atoms with E-state index < -0.39 is 0 Å². The zero-order chi connectivity index (χ0) is 31.6. The molecule has 10 rings (SSSR count). The Morgan fingerprint density at radius 1 is 0.479 bits per heavy atom. The van der Waals surface area contributed by atoms with E-state index in [9.17, 15) is 0 Å². The Hall–Kier alpha value is -6.12. The smallest absolute Gasteiger partial charge is 0.0653 e. The molecule has 2 heteroatoms. The molecule has 0 saturated carbocycles. The van der Waals surface area contributed by atoms with Crippen molar-refractivity contribution in [1.29, 1.82) is 0 Å². The van der Waals surface area contributed by atoms with Gasteiger partial charge in [0.25, 0.3) is 0 Å². The highest BCUT2D eigenvalue weighted by molar-refractivity contribution is 6.06. The molecule has 0 amide bonds. The molecule has 48 heavy (non-hydrogen) atoms. The van der Waals surface area contributed by atoms with Gasteiger partial charge in [0.2, 0.25) is 0 Å². The SMILES string of the molecule is C1=C2c3ccccc3N(c3ccc(-c4ccc5ccccc5c4)cc3)C2Cc2c1c1ccccc1n2-c1ccccc1-c1ccccc1. The quantitative estimate of drug-likeness (QED) is 0.192. The van der Waals surface area contributed by atoms with Crippen molar-refractivity contribution in [3.05, 3.63) is 187 Å². The van der Waals surface area contributed by atoms with Crippen molar-refractivity contribution in [2.75, 3.05) is 4.90 Å². The second-order valence-corrected chi connectivity index (χ2v) is 12.9. The first-order chi connectivity index (χ1) is 23.8. The molecule has 0 saturated heterocycles. The summed E-state index contributed by atoms with van der Waals surface area (Å²) in [4.78, 5) is 2.57. The molecule has 1 aliphatic carbocycles. The van der Waals surface area contributed by atoms with Crippen LogP contribution in [0.4, 0.5) is 11.4 Å². The molecule has 0 N–H and O–H groups in total. The second-order valence-electron chi connectivity index (χ2n) is 12.9. The van der Waals surface area contributed by atoms with Crippen LogP contribution in [0.1, 0.15) is 16.8 Å². The van der Waals surface area contributed by atoms with E-state index in [0.717, 1.165) is 6.42 Å². The Morgan fingerprint density at radius 3 is 2.00 bits per heavy atom. The van der Waals surface area contributed by atoms with Crippen LogP contribution >= 0.6 is 0 Å². The molecule has 0 radical (unpaired) electrons. The first-order valence-corrected chi connectivity index (χ1v) is 16.8. The molecule has 0 spiro atoms. The number of nitrogens with zero attached hydrogens (tertiary/aromatic N) is 2. The van der Waals surface area contributed by atoms with Crippen LogP contribution in [-0.4, -0.2) is 10.6 Å². The lowest BCUT2D eigenvalue weighted by Gasteiger charge is -2.31. The van der Waals surface area contributed by atoms with E-state index in [1.165, 1.54) is 83.4 Å². The van der Waals surface area contributed by atoms with Crippen molar-refractivity contribution < 1.29 is 0 Å². The third-order valence-corrected chi connectivity index (χ3v) is 10.3. The fourth-order valence-corrected chi connectivity index (χ4v) is 8.12. The summed E-state index contributed by atoms with van der Waals surface area (Å²) in [5, 5.41) is 3.84. The predicted octanol–water partition coefficient (Wildman–Crippen LogP) is 11.7. The second kappa shape index (κ2) is 10.7. The molecule has 2 heterocycles. The fraction of sp³-hybridized carbons (Fsp3) is 0.0435. The van der Waals surface area contributed by atoms with Crippen molar-refractivity contribution in [2.45, 2.75) is 12.5 Å². The highest BCUT2D eigenvalue weighted by atomic mass is 15.2. The van der Waals surface area contributed by atoms with Crippen molar-refractivity contribution in [1.82, 2.24) is 4.57 Å². The number of rotatable bonds is 4. The molecule has 2 nitrogen and oxygen atoms in total. The summed E-state index contributed by atoms with van der Waals surface area (Å²) in [7, 11) is 0. The van der Waals surface area contributed by atoms with Crippen LogP contribution in [0.5, 0.6) is 0 Å². The van der Waals surface area contributed by atoms with Gasteiger partial charge in [0.1, 0.15) is 0 Å². The van der Waals surface area contributed by atoms with Crippen molar-refractivity contribution in [3.8, 4) is 27.9 Å². The maximum absolute atomic E-state index is 2.57. The van der Waals surface area contributed by atoms with Crippen LogP contribution in [0.2, 0.25) is 0 Å². The number of hydrogen-bond donors (Lipinski definition) is 0. The Kier molecular flexibility index (Phi) is 6.04. The number of para-hydroxylation sites is 3. The summed E-state index contributed by atoms with van der Waals surface area (Å²) >= 11 is 0. The average Bonchev–Trinajstić information content (AvgIpc) is 3.66. The van der Waals surface area contributed by atoms with E-state index in [-0.39, 0.29) is 6.04 Å². The third kappa shape index (κ3) is 4.13. The topological polar surface area (TPSA) is 8.17 Å². The summed E-state index contributed by atoms with van der Waals surface area (Å²) in [6.45, 7) is 0. The van der Waals surface area contributed by atoms with Crippen molar-refractivity contribution in [2.24, 2.45) is 0 Å². The van der Waals surface area contributed by atoms with Gasteiger partial charge in [0.15, 0.2) is 0 Å². The van der Waals surface area contributed by atoms with E-state index in [0.29, 0.717) is 0 Å². The average molecular weight is 613 g/mol.